The maximum absolute atomic E-state index is 12.4. The summed E-state index contributed by atoms with van der Waals surface area (Å²) in [6.07, 6.45) is 8.34. The van der Waals surface area contributed by atoms with E-state index in [1.807, 2.05) is 23.7 Å². The molecule has 0 radical (unpaired) electrons. The highest BCUT2D eigenvalue weighted by Gasteiger charge is 2.46. The van der Waals surface area contributed by atoms with Gasteiger partial charge in [0, 0.05) is 42.6 Å². The van der Waals surface area contributed by atoms with Crippen LogP contribution < -0.4 is 5.32 Å². The van der Waals surface area contributed by atoms with Gasteiger partial charge in [-0.3, -0.25) is 14.7 Å². The number of likely N-dealkylation sites (tertiary alicyclic amines) is 1. The normalized spacial score (nSPS) is 24.0. The number of hydrogen-bond acceptors (Lipinski definition) is 5. The minimum atomic E-state index is -0.0245. The van der Waals surface area contributed by atoms with E-state index in [0.717, 1.165) is 44.5 Å². The lowest BCUT2D eigenvalue weighted by molar-refractivity contribution is -0.121. The Morgan fingerprint density at radius 3 is 2.74 bits per heavy atom. The zero-order valence-electron chi connectivity index (χ0n) is 12.9. The summed E-state index contributed by atoms with van der Waals surface area (Å²) in [5, 5.41) is 6.50. The highest BCUT2D eigenvalue weighted by Crippen LogP contribution is 2.39. The van der Waals surface area contributed by atoms with Crippen molar-refractivity contribution in [1.29, 1.82) is 0 Å². The molecule has 0 aliphatic carbocycles. The molecule has 2 aliphatic heterocycles. The molecule has 1 atom stereocenters. The molecule has 1 N–H and O–H groups in total. The molecule has 1 spiro atoms. The van der Waals surface area contributed by atoms with Crippen LogP contribution in [0.15, 0.2) is 36.1 Å². The molecule has 0 bridgehead atoms. The molecule has 4 heterocycles. The summed E-state index contributed by atoms with van der Waals surface area (Å²) >= 11 is 1.71. The van der Waals surface area contributed by atoms with Gasteiger partial charge >= 0.3 is 0 Å². The minimum absolute atomic E-state index is 0.0234. The first-order valence-electron chi connectivity index (χ1n) is 8.07. The number of carbonyl (C=O) groups excluding carboxylic acids is 1. The van der Waals surface area contributed by atoms with Gasteiger partial charge in [0.2, 0.25) is 5.91 Å². The molecule has 2 saturated heterocycles. The van der Waals surface area contributed by atoms with E-state index in [4.69, 9.17) is 0 Å². The predicted octanol–water partition coefficient (Wildman–Crippen LogP) is 2.18. The molecule has 4 rings (SSSR count). The van der Waals surface area contributed by atoms with Crippen LogP contribution in [-0.2, 0) is 11.3 Å². The number of pyridine rings is 1. The second-order valence-electron chi connectivity index (χ2n) is 6.51. The molecular weight excluding hydrogens is 308 g/mol. The number of carbonyl (C=O) groups is 1. The molecule has 5 nitrogen and oxygen atoms in total. The Morgan fingerprint density at radius 1 is 1.26 bits per heavy atom. The first-order chi connectivity index (χ1) is 11.2. The van der Waals surface area contributed by atoms with Crippen molar-refractivity contribution in [3.05, 3.63) is 46.7 Å². The summed E-state index contributed by atoms with van der Waals surface area (Å²) in [5.41, 5.74) is 1.06. The van der Waals surface area contributed by atoms with Gasteiger partial charge in [0.05, 0.1) is 12.5 Å². The van der Waals surface area contributed by atoms with Crippen molar-refractivity contribution >= 4 is 17.2 Å². The van der Waals surface area contributed by atoms with Crippen LogP contribution in [0.25, 0.3) is 0 Å². The minimum Gasteiger partial charge on any atom is -0.350 e. The van der Waals surface area contributed by atoms with E-state index in [9.17, 15) is 4.79 Å². The average Bonchev–Trinajstić information content (AvgIpc) is 3.19. The molecule has 2 aliphatic rings. The third kappa shape index (κ3) is 3.01. The van der Waals surface area contributed by atoms with Crippen molar-refractivity contribution in [3.63, 3.8) is 0 Å². The highest BCUT2D eigenvalue weighted by atomic mass is 32.1. The molecule has 1 unspecified atom stereocenters. The number of piperidine rings is 1. The monoisotopic (exact) mass is 328 g/mol. The average molecular weight is 328 g/mol. The number of thiazole rings is 1. The Kier molecular flexibility index (Phi) is 3.87. The third-order valence-corrected chi connectivity index (χ3v) is 5.83. The van der Waals surface area contributed by atoms with Crippen LogP contribution >= 0.6 is 11.3 Å². The van der Waals surface area contributed by atoms with Gasteiger partial charge in [-0.25, -0.2) is 4.98 Å². The second-order valence-corrected chi connectivity index (χ2v) is 7.49. The second kappa shape index (κ2) is 6.02. The topological polar surface area (TPSA) is 58.1 Å². The molecule has 0 aromatic carbocycles. The Labute approximate surface area is 139 Å². The summed E-state index contributed by atoms with van der Waals surface area (Å²) < 4.78 is 0. The van der Waals surface area contributed by atoms with Crippen molar-refractivity contribution in [2.24, 2.45) is 0 Å². The van der Waals surface area contributed by atoms with Crippen molar-refractivity contribution in [2.75, 3.05) is 13.1 Å². The van der Waals surface area contributed by atoms with Gasteiger partial charge in [0.1, 0.15) is 5.01 Å². The van der Waals surface area contributed by atoms with Gasteiger partial charge in [0.15, 0.2) is 0 Å². The fraction of sp³-hybridized carbons (Fsp3) is 0.471. The Hall–Kier alpha value is -1.79. The Morgan fingerprint density at radius 2 is 2.04 bits per heavy atom. The van der Waals surface area contributed by atoms with Gasteiger partial charge in [0.25, 0.3) is 0 Å². The molecular formula is C17H20N4OS. The van der Waals surface area contributed by atoms with Crippen molar-refractivity contribution in [1.82, 2.24) is 20.2 Å². The Balaban J connectivity index is 1.40. The van der Waals surface area contributed by atoms with Gasteiger partial charge in [-0.05, 0) is 37.0 Å². The smallest absolute Gasteiger partial charge is 0.228 e. The SMILES string of the molecule is O=C1NC2(CCN(Cc3nccs3)CC2)CC1c1ccncc1. The third-order valence-electron chi connectivity index (χ3n) is 5.06. The van der Waals surface area contributed by atoms with E-state index in [1.54, 1.807) is 23.7 Å². The van der Waals surface area contributed by atoms with Crippen LogP contribution in [0.1, 0.15) is 35.8 Å². The van der Waals surface area contributed by atoms with Crippen LogP contribution in [0.5, 0.6) is 0 Å². The first-order valence-corrected chi connectivity index (χ1v) is 8.95. The lowest BCUT2D eigenvalue weighted by atomic mass is 9.82. The van der Waals surface area contributed by atoms with Crippen molar-refractivity contribution in [3.8, 4) is 0 Å². The van der Waals surface area contributed by atoms with Gasteiger partial charge in [-0.15, -0.1) is 11.3 Å². The van der Waals surface area contributed by atoms with Crippen molar-refractivity contribution in [2.45, 2.75) is 37.3 Å². The van der Waals surface area contributed by atoms with Crippen LogP contribution in [-0.4, -0.2) is 39.4 Å². The van der Waals surface area contributed by atoms with Crippen molar-refractivity contribution < 1.29 is 4.79 Å². The summed E-state index contributed by atoms with van der Waals surface area (Å²) in [6.45, 7) is 2.96. The molecule has 2 fully saturated rings. The van der Waals surface area contributed by atoms with E-state index in [1.165, 1.54) is 5.01 Å². The number of hydrogen-bond donors (Lipinski definition) is 1. The zero-order chi connectivity index (χ0) is 15.7. The molecule has 1 amide bonds. The quantitative estimate of drug-likeness (QED) is 0.938. The number of nitrogens with one attached hydrogen (secondary N) is 1. The number of rotatable bonds is 3. The number of nitrogens with zero attached hydrogens (tertiary/aromatic N) is 3. The summed E-state index contributed by atoms with van der Waals surface area (Å²) in [6, 6.07) is 3.92. The molecule has 2 aromatic heterocycles. The molecule has 6 heteroatoms. The predicted molar refractivity (Wildman–Crippen MR) is 89.1 cm³/mol. The van der Waals surface area contributed by atoms with E-state index in [0.29, 0.717) is 0 Å². The molecule has 120 valence electrons. The van der Waals surface area contributed by atoms with E-state index in [2.05, 4.69) is 20.2 Å². The zero-order valence-corrected chi connectivity index (χ0v) is 13.8. The largest absolute Gasteiger partial charge is 0.350 e. The van der Waals surface area contributed by atoms with E-state index in [-0.39, 0.29) is 17.4 Å². The molecule has 0 saturated carbocycles. The number of aromatic nitrogens is 2. The molecule has 2 aromatic rings. The lowest BCUT2D eigenvalue weighted by Gasteiger charge is -2.39. The van der Waals surface area contributed by atoms with Crippen LogP contribution in [0, 0.1) is 0 Å². The van der Waals surface area contributed by atoms with Crippen LogP contribution in [0.2, 0.25) is 0 Å². The van der Waals surface area contributed by atoms with Gasteiger partial charge in [-0.2, -0.15) is 0 Å². The van der Waals surface area contributed by atoms with Gasteiger partial charge < -0.3 is 5.32 Å². The standard InChI is InChI=1S/C17H20N4OS/c22-16-14(13-1-5-18-6-2-13)11-17(20-16)3-8-21(9-4-17)12-15-19-7-10-23-15/h1-2,5-7,10,14H,3-4,8-9,11-12H2,(H,20,22). The Bertz CT molecular complexity index is 665. The summed E-state index contributed by atoms with van der Waals surface area (Å²) in [4.78, 5) is 23.3. The lowest BCUT2D eigenvalue weighted by Crippen LogP contribution is -2.50. The van der Waals surface area contributed by atoms with E-state index >= 15 is 0 Å². The number of amides is 1. The highest BCUT2D eigenvalue weighted by molar-refractivity contribution is 7.09. The van der Waals surface area contributed by atoms with Crippen LogP contribution in [0.4, 0.5) is 0 Å². The summed E-state index contributed by atoms with van der Waals surface area (Å²) in [7, 11) is 0. The summed E-state index contributed by atoms with van der Waals surface area (Å²) in [5.74, 6) is 0.146. The fourth-order valence-electron chi connectivity index (χ4n) is 3.74. The maximum Gasteiger partial charge on any atom is 0.228 e. The van der Waals surface area contributed by atoms with E-state index < -0.39 is 0 Å². The first kappa shape index (κ1) is 14.8. The fourth-order valence-corrected chi connectivity index (χ4v) is 4.40. The van der Waals surface area contributed by atoms with Crippen LogP contribution in [0.3, 0.4) is 0 Å². The molecule has 23 heavy (non-hydrogen) atoms. The maximum atomic E-state index is 12.4. The van der Waals surface area contributed by atoms with Gasteiger partial charge in [-0.1, -0.05) is 0 Å².